The second-order valence-electron chi connectivity index (χ2n) is 22.2. The smallest absolute Gasteiger partial charge is 0.0541 e. The van der Waals surface area contributed by atoms with Crippen LogP contribution in [0.25, 0.3) is 104 Å². The second kappa shape index (κ2) is 17.5. The second-order valence-corrected chi connectivity index (χ2v) is 22.2. The molecule has 0 radical (unpaired) electrons. The molecule has 13 aromatic rings. The topological polar surface area (TPSA) is 8.17 Å². The summed E-state index contributed by atoms with van der Waals surface area (Å²) < 4.78 is 2.53. The van der Waals surface area contributed by atoms with Gasteiger partial charge in [-0.05, 0) is 149 Å². The molecule has 2 nitrogen and oxygen atoms in total. The molecule has 2 heteroatoms. The predicted molar refractivity (Wildman–Crippen MR) is 318 cm³/mol. The molecule has 0 amide bonds. The number of anilines is 3. The van der Waals surface area contributed by atoms with Gasteiger partial charge in [0.1, 0.15) is 0 Å². The van der Waals surface area contributed by atoms with Gasteiger partial charge in [0.05, 0.1) is 22.4 Å². The lowest BCUT2D eigenvalue weighted by Gasteiger charge is -2.29. The van der Waals surface area contributed by atoms with Crippen molar-refractivity contribution in [3.05, 3.63) is 254 Å². The van der Waals surface area contributed by atoms with Crippen molar-refractivity contribution in [1.82, 2.24) is 4.57 Å². The molecule has 74 heavy (non-hydrogen) atoms. The Balaban J connectivity index is 1.02. The summed E-state index contributed by atoms with van der Waals surface area (Å²) >= 11 is 0. The standard InChI is InChI=1S/C72H58N2/c1-71(2,3)55-35-41-67-63(45-55)64-46-56(72(4,5)6)36-42-68(64)74(67)66-40-34-52-31-37-61-65(39-33-51-32-38-62(66)70(52)69(51)61)73(57-23-15-21-53(43-57)49-29-27-48(28-30-49)47-17-9-7-10-18-47)58-24-16-22-54(44-58)60-26-14-13-25-59(60)50-19-11-8-12-20-50/h7-46H,1-6H3. The van der Waals surface area contributed by atoms with E-state index < -0.39 is 0 Å². The first kappa shape index (κ1) is 45.2. The third-order valence-electron chi connectivity index (χ3n) is 15.5. The first-order chi connectivity index (χ1) is 36.0. The number of aromatic nitrogens is 1. The number of nitrogens with zero attached hydrogens (tertiary/aromatic N) is 2. The first-order valence-electron chi connectivity index (χ1n) is 26.1. The van der Waals surface area contributed by atoms with Crippen LogP contribution < -0.4 is 4.90 Å². The molecule has 1 heterocycles. The van der Waals surface area contributed by atoms with Crippen LogP contribution >= 0.6 is 0 Å². The van der Waals surface area contributed by atoms with Crippen molar-refractivity contribution in [3.63, 3.8) is 0 Å². The van der Waals surface area contributed by atoms with Crippen LogP contribution in [0.2, 0.25) is 0 Å². The van der Waals surface area contributed by atoms with E-state index >= 15 is 0 Å². The molecular weight excluding hydrogens is 893 g/mol. The van der Waals surface area contributed by atoms with E-state index in [9.17, 15) is 0 Å². The van der Waals surface area contributed by atoms with Gasteiger partial charge in [-0.3, -0.25) is 0 Å². The Morgan fingerprint density at radius 1 is 0.311 bits per heavy atom. The summed E-state index contributed by atoms with van der Waals surface area (Å²) in [6.07, 6.45) is 0. The van der Waals surface area contributed by atoms with E-state index in [1.807, 2.05) is 0 Å². The fraction of sp³-hybridized carbons (Fsp3) is 0.111. The van der Waals surface area contributed by atoms with E-state index in [0.29, 0.717) is 0 Å². The van der Waals surface area contributed by atoms with E-state index in [-0.39, 0.29) is 10.8 Å². The zero-order chi connectivity index (χ0) is 50.3. The van der Waals surface area contributed by atoms with Gasteiger partial charge in [0.2, 0.25) is 0 Å². The van der Waals surface area contributed by atoms with E-state index in [0.717, 1.165) is 28.2 Å². The SMILES string of the molecule is CC(C)(C)c1ccc2c(c1)c1cc(C(C)(C)C)ccc1n2-c1ccc2ccc3c(N(c4cccc(-c5ccc(-c6ccccc6)cc5)c4)c4cccc(-c5ccccc5-c5ccccc5)c4)ccc4ccc1c2c43. The highest BCUT2D eigenvalue weighted by Gasteiger charge is 2.24. The molecule has 0 N–H and O–H groups in total. The molecule has 0 aliphatic heterocycles. The molecule has 0 bridgehead atoms. The average molecular weight is 951 g/mol. The molecule has 0 fully saturated rings. The highest BCUT2D eigenvalue weighted by molar-refractivity contribution is 6.27. The fourth-order valence-corrected chi connectivity index (χ4v) is 11.5. The fourth-order valence-electron chi connectivity index (χ4n) is 11.5. The van der Waals surface area contributed by atoms with Gasteiger partial charge in [0.15, 0.2) is 0 Å². The van der Waals surface area contributed by atoms with Crippen molar-refractivity contribution in [2.75, 3.05) is 4.90 Å². The molecule has 356 valence electrons. The number of fused-ring (bicyclic) bond motifs is 3. The van der Waals surface area contributed by atoms with Crippen LogP contribution in [0.4, 0.5) is 17.1 Å². The van der Waals surface area contributed by atoms with Crippen LogP contribution in [-0.2, 0) is 10.8 Å². The van der Waals surface area contributed by atoms with Crippen molar-refractivity contribution in [3.8, 4) is 50.2 Å². The van der Waals surface area contributed by atoms with Gasteiger partial charge in [-0.15, -0.1) is 0 Å². The zero-order valence-electron chi connectivity index (χ0n) is 43.0. The van der Waals surface area contributed by atoms with Crippen molar-refractivity contribution >= 4 is 71.2 Å². The molecule has 12 aromatic carbocycles. The largest absolute Gasteiger partial charge is 0.310 e. The highest BCUT2D eigenvalue weighted by Crippen LogP contribution is 2.48. The molecule has 0 atom stereocenters. The maximum Gasteiger partial charge on any atom is 0.0541 e. The summed E-state index contributed by atoms with van der Waals surface area (Å²) in [4.78, 5) is 2.48. The first-order valence-corrected chi connectivity index (χ1v) is 26.1. The van der Waals surface area contributed by atoms with Crippen molar-refractivity contribution in [2.24, 2.45) is 0 Å². The number of hydrogen-bond donors (Lipinski definition) is 0. The minimum Gasteiger partial charge on any atom is -0.310 e. The van der Waals surface area contributed by atoms with Gasteiger partial charge in [0.25, 0.3) is 0 Å². The Morgan fingerprint density at radius 3 is 1.35 bits per heavy atom. The van der Waals surface area contributed by atoms with Crippen LogP contribution in [0, 0.1) is 0 Å². The maximum absolute atomic E-state index is 2.53. The third kappa shape index (κ3) is 7.72. The summed E-state index contributed by atoms with van der Waals surface area (Å²) in [5.41, 5.74) is 19.2. The van der Waals surface area contributed by atoms with Crippen LogP contribution in [0.3, 0.4) is 0 Å². The van der Waals surface area contributed by atoms with Crippen LogP contribution in [0.1, 0.15) is 52.7 Å². The quantitative estimate of drug-likeness (QED) is 0.138. The third-order valence-corrected chi connectivity index (χ3v) is 15.5. The lowest BCUT2D eigenvalue weighted by molar-refractivity contribution is 0.590. The van der Waals surface area contributed by atoms with Gasteiger partial charge >= 0.3 is 0 Å². The summed E-state index contributed by atoms with van der Waals surface area (Å²) in [6, 6.07) is 90.3. The molecule has 0 aliphatic carbocycles. The molecule has 0 saturated heterocycles. The van der Waals surface area contributed by atoms with Crippen molar-refractivity contribution in [2.45, 2.75) is 52.4 Å². The number of hydrogen-bond acceptors (Lipinski definition) is 1. The van der Waals surface area contributed by atoms with Gasteiger partial charge in [-0.2, -0.15) is 0 Å². The molecular formula is C72H58N2. The molecule has 0 aliphatic rings. The van der Waals surface area contributed by atoms with E-state index in [1.165, 1.54) is 104 Å². The molecule has 0 saturated carbocycles. The Morgan fingerprint density at radius 2 is 0.757 bits per heavy atom. The van der Waals surface area contributed by atoms with Crippen LogP contribution in [0.5, 0.6) is 0 Å². The number of rotatable bonds is 8. The van der Waals surface area contributed by atoms with E-state index in [4.69, 9.17) is 0 Å². The summed E-state index contributed by atoms with van der Waals surface area (Å²) in [5, 5.41) is 10.1. The van der Waals surface area contributed by atoms with Gasteiger partial charge in [-0.1, -0.05) is 224 Å². The minimum absolute atomic E-state index is 0.0201. The van der Waals surface area contributed by atoms with Gasteiger partial charge < -0.3 is 9.47 Å². The monoisotopic (exact) mass is 950 g/mol. The highest BCUT2D eigenvalue weighted by atomic mass is 15.1. The summed E-state index contributed by atoms with van der Waals surface area (Å²) in [6.45, 7) is 13.9. The molecule has 0 unspecified atom stereocenters. The lowest BCUT2D eigenvalue weighted by atomic mass is 9.85. The Bertz CT molecular complexity index is 4170. The van der Waals surface area contributed by atoms with Crippen LogP contribution in [-0.4, -0.2) is 4.57 Å². The van der Waals surface area contributed by atoms with Crippen molar-refractivity contribution < 1.29 is 0 Å². The number of benzene rings is 12. The average Bonchev–Trinajstić information content (AvgIpc) is 3.77. The summed E-state index contributed by atoms with van der Waals surface area (Å²) in [5.74, 6) is 0. The Hall–Kier alpha value is -8.72. The zero-order valence-corrected chi connectivity index (χ0v) is 43.0. The maximum atomic E-state index is 2.53. The normalized spacial score (nSPS) is 12.2. The van der Waals surface area contributed by atoms with Crippen LogP contribution in [0.15, 0.2) is 243 Å². The molecule has 1 aromatic heterocycles. The van der Waals surface area contributed by atoms with Gasteiger partial charge in [-0.25, -0.2) is 0 Å². The Labute approximate surface area is 434 Å². The molecule has 13 rings (SSSR count). The molecule has 0 spiro atoms. The van der Waals surface area contributed by atoms with E-state index in [1.54, 1.807) is 0 Å². The summed E-state index contributed by atoms with van der Waals surface area (Å²) in [7, 11) is 0. The Kier molecular flexibility index (Phi) is 10.7. The minimum atomic E-state index is 0.0201. The van der Waals surface area contributed by atoms with Crippen molar-refractivity contribution in [1.29, 1.82) is 0 Å². The van der Waals surface area contributed by atoms with E-state index in [2.05, 4.69) is 294 Å². The lowest BCUT2D eigenvalue weighted by Crippen LogP contribution is -2.11. The van der Waals surface area contributed by atoms with Gasteiger partial charge in [0, 0.05) is 32.9 Å². The predicted octanol–water partition coefficient (Wildman–Crippen LogP) is 20.4.